The Balaban J connectivity index is 1.76. The average Bonchev–Trinajstić information content (AvgIpc) is 2.88. The summed E-state index contributed by atoms with van der Waals surface area (Å²) in [4.78, 5) is 0. The highest BCUT2D eigenvalue weighted by atomic mass is 31.2. The number of rotatable bonds is 8. The molecule has 164 valence electrons. The summed E-state index contributed by atoms with van der Waals surface area (Å²) < 4.78 is 0. The van der Waals surface area contributed by atoms with E-state index in [1.54, 1.807) is 0 Å². The minimum absolute atomic E-state index is 0.831. The van der Waals surface area contributed by atoms with Gasteiger partial charge in [0, 0.05) is 12.1 Å². The summed E-state index contributed by atoms with van der Waals surface area (Å²) in [5.74, 6) is 2.41. The summed E-state index contributed by atoms with van der Waals surface area (Å²) in [5, 5.41) is 8.68. The van der Waals surface area contributed by atoms with Crippen molar-refractivity contribution in [3.05, 3.63) is 138 Å². The third kappa shape index (κ3) is 5.48. The molecule has 0 saturated heterocycles. The Morgan fingerprint density at radius 3 is 1.45 bits per heavy atom. The van der Waals surface area contributed by atoms with Gasteiger partial charge in [-0.05, 0) is 55.8 Å². The summed E-state index contributed by atoms with van der Waals surface area (Å²) in [6.07, 6.45) is 0.831. The molecule has 0 saturated carbocycles. The normalized spacial score (nSPS) is 12.4. The molecule has 0 aliphatic rings. The highest BCUT2D eigenvalue weighted by molar-refractivity contribution is 7.98. The smallest absolute Gasteiger partial charge is 0.138 e. The number of hydrazone groups is 1. The van der Waals surface area contributed by atoms with Crippen molar-refractivity contribution >= 4 is 28.9 Å². The molecule has 3 heteroatoms. The van der Waals surface area contributed by atoms with E-state index in [0.29, 0.717) is 0 Å². The van der Waals surface area contributed by atoms with Crippen LogP contribution in [-0.4, -0.2) is 5.71 Å². The summed E-state index contributed by atoms with van der Waals surface area (Å²) in [7, 11) is -2.03. The fourth-order valence-electron chi connectivity index (χ4n) is 4.09. The van der Waals surface area contributed by atoms with Gasteiger partial charge in [-0.3, -0.25) is 5.43 Å². The molecule has 0 unspecified atom stereocenters. The van der Waals surface area contributed by atoms with Gasteiger partial charge in [-0.1, -0.05) is 84.9 Å². The number of hydrogen-bond acceptors (Lipinski definition) is 2. The van der Waals surface area contributed by atoms with Crippen molar-refractivity contribution in [3.63, 3.8) is 0 Å². The van der Waals surface area contributed by atoms with E-state index in [1.807, 2.05) is 6.07 Å². The molecular formula is C30H30N2P+. The molecule has 0 aromatic heterocycles. The summed E-state index contributed by atoms with van der Waals surface area (Å²) in [5.41, 5.74) is 6.71. The lowest BCUT2D eigenvalue weighted by atomic mass is 10.1. The Hall–Kier alpha value is -3.48. The summed E-state index contributed by atoms with van der Waals surface area (Å²) in [6.45, 7) is 4.18. The number of allylic oxidation sites excluding steroid dienone is 1. The van der Waals surface area contributed by atoms with E-state index in [9.17, 15) is 0 Å². The van der Waals surface area contributed by atoms with Gasteiger partial charge in [-0.15, -0.1) is 0 Å². The second kappa shape index (κ2) is 10.9. The molecule has 0 radical (unpaired) electrons. The van der Waals surface area contributed by atoms with Crippen molar-refractivity contribution in [2.45, 2.75) is 20.3 Å². The molecule has 2 nitrogen and oxygen atoms in total. The van der Waals surface area contributed by atoms with Crippen molar-refractivity contribution in [1.82, 2.24) is 5.43 Å². The van der Waals surface area contributed by atoms with Gasteiger partial charge in [0.25, 0.3) is 0 Å². The van der Waals surface area contributed by atoms with Crippen LogP contribution in [0.25, 0.3) is 0 Å². The topological polar surface area (TPSA) is 24.4 Å². The molecule has 0 amide bonds. The Labute approximate surface area is 198 Å². The van der Waals surface area contributed by atoms with Gasteiger partial charge < -0.3 is 0 Å². The molecule has 4 rings (SSSR count). The third-order valence-corrected chi connectivity index (χ3v) is 9.72. The Bertz CT molecular complexity index is 1100. The molecule has 0 atom stereocenters. The number of nitrogens with zero attached hydrogens (tertiary/aromatic N) is 1. The van der Waals surface area contributed by atoms with E-state index >= 15 is 0 Å². The van der Waals surface area contributed by atoms with E-state index in [-0.39, 0.29) is 0 Å². The van der Waals surface area contributed by atoms with E-state index in [1.165, 1.54) is 21.5 Å². The Morgan fingerprint density at radius 2 is 1.03 bits per heavy atom. The zero-order valence-electron chi connectivity index (χ0n) is 19.2. The van der Waals surface area contributed by atoms with Gasteiger partial charge >= 0.3 is 0 Å². The summed E-state index contributed by atoms with van der Waals surface area (Å²) >= 11 is 0. The SMILES string of the molecule is C/C(Cc1ccccc1)=N/N/C(C)=C/[P+](c1ccccc1)(c1ccccc1)c1ccccc1. The molecule has 0 fully saturated rings. The van der Waals surface area contributed by atoms with Crippen LogP contribution in [0.1, 0.15) is 19.4 Å². The van der Waals surface area contributed by atoms with Crippen LogP contribution in [0.5, 0.6) is 0 Å². The molecule has 0 spiro atoms. The highest BCUT2D eigenvalue weighted by Gasteiger charge is 2.43. The van der Waals surface area contributed by atoms with Gasteiger partial charge in [0.1, 0.15) is 23.2 Å². The maximum absolute atomic E-state index is 4.70. The second-order valence-corrected chi connectivity index (χ2v) is 11.4. The largest absolute Gasteiger partial charge is 0.280 e. The molecular weight excluding hydrogens is 419 g/mol. The third-order valence-electron chi connectivity index (χ3n) is 5.60. The number of hydrogen-bond donors (Lipinski definition) is 1. The number of benzene rings is 4. The van der Waals surface area contributed by atoms with Crippen LogP contribution in [0.2, 0.25) is 0 Å². The first-order valence-electron chi connectivity index (χ1n) is 11.3. The van der Waals surface area contributed by atoms with E-state index in [0.717, 1.165) is 17.8 Å². The van der Waals surface area contributed by atoms with Crippen molar-refractivity contribution in [2.75, 3.05) is 0 Å². The Morgan fingerprint density at radius 1 is 0.636 bits per heavy atom. The van der Waals surface area contributed by atoms with Crippen molar-refractivity contribution < 1.29 is 0 Å². The lowest BCUT2D eigenvalue weighted by molar-refractivity contribution is 0.882. The van der Waals surface area contributed by atoms with Crippen LogP contribution in [0.15, 0.2) is 138 Å². The predicted octanol–water partition coefficient (Wildman–Crippen LogP) is 6.05. The maximum Gasteiger partial charge on any atom is 0.138 e. The first kappa shape index (κ1) is 22.7. The fourth-order valence-corrected chi connectivity index (χ4v) is 8.00. The maximum atomic E-state index is 4.70. The van der Waals surface area contributed by atoms with Crippen LogP contribution in [-0.2, 0) is 6.42 Å². The lowest BCUT2D eigenvalue weighted by Gasteiger charge is -2.24. The van der Waals surface area contributed by atoms with Crippen molar-refractivity contribution in [1.29, 1.82) is 0 Å². The molecule has 0 bridgehead atoms. The van der Waals surface area contributed by atoms with Gasteiger partial charge in [-0.2, -0.15) is 5.10 Å². The number of nitrogens with one attached hydrogen (secondary N) is 1. The molecule has 4 aromatic carbocycles. The molecule has 0 aliphatic heterocycles. The van der Waals surface area contributed by atoms with E-state index < -0.39 is 7.26 Å². The van der Waals surface area contributed by atoms with Crippen LogP contribution >= 0.6 is 7.26 Å². The second-order valence-electron chi connectivity index (χ2n) is 8.16. The standard InChI is InChI=1S/C30H30N2P/c1-25(23-27-15-7-3-8-16-27)31-32-26(2)24-33(28-17-9-4-10-18-28,29-19-11-5-12-20-29)30-21-13-6-14-22-30/h3-22,24,32H,23H2,1-2H3/q+1/b26-24+,31-25-. The first-order chi connectivity index (χ1) is 16.2. The zero-order chi connectivity index (χ0) is 22.9. The van der Waals surface area contributed by atoms with E-state index in [4.69, 9.17) is 5.10 Å². The lowest BCUT2D eigenvalue weighted by Crippen LogP contribution is -2.30. The quantitative estimate of drug-likeness (QED) is 0.198. The zero-order valence-corrected chi connectivity index (χ0v) is 20.1. The first-order valence-corrected chi connectivity index (χ1v) is 13.1. The fraction of sp³-hybridized carbons (Fsp3) is 0.100. The molecule has 4 aromatic rings. The van der Waals surface area contributed by atoms with E-state index in [2.05, 4.69) is 140 Å². The monoisotopic (exact) mass is 449 g/mol. The Kier molecular flexibility index (Phi) is 7.50. The van der Waals surface area contributed by atoms with Crippen LogP contribution in [0.4, 0.5) is 0 Å². The van der Waals surface area contributed by atoms with Crippen molar-refractivity contribution in [3.8, 4) is 0 Å². The van der Waals surface area contributed by atoms with Crippen LogP contribution < -0.4 is 21.3 Å². The van der Waals surface area contributed by atoms with Gasteiger partial charge in [0.2, 0.25) is 0 Å². The molecule has 33 heavy (non-hydrogen) atoms. The predicted molar refractivity (Wildman–Crippen MR) is 145 cm³/mol. The van der Waals surface area contributed by atoms with Crippen LogP contribution in [0, 0.1) is 0 Å². The average molecular weight is 450 g/mol. The summed E-state index contributed by atoms with van der Waals surface area (Å²) in [6, 6.07) is 43.0. The van der Waals surface area contributed by atoms with Gasteiger partial charge in [0.05, 0.1) is 11.5 Å². The molecule has 0 heterocycles. The van der Waals surface area contributed by atoms with Gasteiger partial charge in [-0.25, -0.2) is 0 Å². The molecule has 0 aliphatic carbocycles. The minimum atomic E-state index is -2.03. The van der Waals surface area contributed by atoms with Crippen LogP contribution in [0.3, 0.4) is 0 Å². The minimum Gasteiger partial charge on any atom is -0.280 e. The highest BCUT2D eigenvalue weighted by Crippen LogP contribution is 2.57. The van der Waals surface area contributed by atoms with Gasteiger partial charge in [0.15, 0.2) is 0 Å². The molecule has 1 N–H and O–H groups in total. The van der Waals surface area contributed by atoms with Crippen molar-refractivity contribution in [2.24, 2.45) is 5.10 Å².